The number of nitrogens with zero attached hydrogens (tertiary/aromatic N) is 4. The van der Waals surface area contributed by atoms with Crippen LogP contribution >= 0.6 is 34.0 Å². The Bertz CT molecular complexity index is 4050. The molecule has 0 bridgehead atoms. The number of carbonyl (C=O) groups excluding carboxylic acids is 4. The summed E-state index contributed by atoms with van der Waals surface area (Å²) in [4.78, 5) is 77.8. The molecule has 119 heavy (non-hydrogen) atoms. The molecule has 4 aliphatic rings. The van der Waals surface area contributed by atoms with Crippen LogP contribution < -0.4 is 0 Å². The van der Waals surface area contributed by atoms with Crippen molar-refractivity contribution in [3.05, 3.63) is 143 Å². The lowest BCUT2D eigenvalue weighted by Crippen LogP contribution is -2.34. The Hall–Kier alpha value is -6.94. The molecule has 4 aliphatic heterocycles. The van der Waals surface area contributed by atoms with Gasteiger partial charge in [0.25, 0.3) is 23.6 Å². The first-order valence-corrected chi connectivity index (χ1v) is 50.8. The lowest BCUT2D eigenvalue weighted by Gasteiger charge is -2.29. The first-order chi connectivity index (χ1) is 58.5. The minimum Gasteiger partial charge on any atom is -0.463 e. The van der Waals surface area contributed by atoms with Gasteiger partial charge in [0.15, 0.2) is 23.0 Å². The first kappa shape index (κ1) is 92.8. The summed E-state index contributed by atoms with van der Waals surface area (Å²) in [6.07, 6.45) is 59.6. The summed E-state index contributed by atoms with van der Waals surface area (Å²) >= 11 is 5.13. The molecule has 0 saturated carbocycles. The first-order valence-electron chi connectivity index (χ1n) is 48.3. The number of hydrogen-bond donors (Lipinski definition) is 0. The summed E-state index contributed by atoms with van der Waals surface area (Å²) in [5, 5.41) is 0. The number of hydrogen-bond acceptors (Lipinski definition) is 11. The van der Waals surface area contributed by atoms with Crippen molar-refractivity contribution >= 4 is 80.4 Å². The van der Waals surface area contributed by atoms with Gasteiger partial charge in [-0.2, -0.15) is 0 Å². The van der Waals surface area contributed by atoms with Crippen molar-refractivity contribution in [3.63, 3.8) is 0 Å². The highest BCUT2D eigenvalue weighted by Gasteiger charge is 2.53. The molecule has 0 spiro atoms. The minimum absolute atomic E-state index is 0.127. The fourth-order valence-corrected chi connectivity index (χ4v) is 22.1. The molecule has 4 amide bonds. The van der Waals surface area contributed by atoms with Gasteiger partial charge in [-0.15, -0.1) is 34.0 Å². The Kier molecular flexibility index (Phi) is 39.0. The Balaban J connectivity index is 0.885. The number of carbonyl (C=O) groups is 4. The van der Waals surface area contributed by atoms with E-state index in [2.05, 4.69) is 91.8 Å². The van der Waals surface area contributed by atoms with Crippen LogP contribution in [0, 0.1) is 23.7 Å². The Morgan fingerprint density at radius 1 is 0.235 bits per heavy atom. The van der Waals surface area contributed by atoms with Crippen LogP contribution in [0.2, 0.25) is 0 Å². The van der Waals surface area contributed by atoms with Crippen LogP contribution in [-0.4, -0.2) is 69.4 Å². The van der Waals surface area contributed by atoms with Gasteiger partial charge in [-0.05, 0) is 160 Å². The third kappa shape index (κ3) is 25.4. The van der Waals surface area contributed by atoms with Gasteiger partial charge in [-0.1, -0.05) is 312 Å². The van der Waals surface area contributed by atoms with E-state index >= 15 is 19.2 Å². The Morgan fingerprint density at radius 2 is 0.437 bits per heavy atom. The summed E-state index contributed by atoms with van der Waals surface area (Å²) < 4.78 is 26.8. The Morgan fingerprint density at radius 3 is 0.672 bits per heavy atom. The maximum absolute atomic E-state index is 15.9. The molecule has 11 rings (SSSR count). The smallest absolute Gasteiger partial charge is 0.261 e. The number of amides is 4. The number of fused-ring (bicyclic) bond motifs is 2. The molecule has 12 nitrogen and oxygen atoms in total. The fraction of sp³-hybridized carbons (Fsp3) is 0.615. The summed E-state index contributed by atoms with van der Waals surface area (Å²) in [6, 6.07) is 28.8. The molecule has 0 radical (unpaired) electrons. The molecule has 11 heterocycles. The SMILES string of the molecule is CCCCCCCCC(CCCCCC)CN1C(=O)C2=C(c3ccc(-c4ccc(-c5ccc(-c6ccc(-c7ccc(C8=C9C(=O)N(CC(CCCCCC)CCCCCCCC)C(c%10ccco%10)=C9C(=O)N8CC(CCCCCC)CCCCCCCC)o7)s6)s5)s4)o3)N(CC(CCCCCC)CCCCCCCC)C(=O)C2=C1c1ccco1. The molecule has 4 unspecified atom stereocenters. The number of unbranched alkanes of at least 4 members (excludes halogenated alkanes) is 32. The van der Waals surface area contributed by atoms with Crippen molar-refractivity contribution in [2.24, 2.45) is 23.7 Å². The average Bonchev–Trinajstić information content (AvgIpc) is 1.56. The molecule has 15 heteroatoms. The van der Waals surface area contributed by atoms with Gasteiger partial charge in [-0.3, -0.25) is 19.2 Å². The quantitative estimate of drug-likeness (QED) is 0.0344. The van der Waals surface area contributed by atoms with Crippen molar-refractivity contribution in [3.8, 4) is 40.8 Å². The van der Waals surface area contributed by atoms with Crippen molar-refractivity contribution in [1.29, 1.82) is 0 Å². The van der Waals surface area contributed by atoms with E-state index in [0.29, 0.717) is 118 Å². The van der Waals surface area contributed by atoms with Gasteiger partial charge in [0.2, 0.25) is 0 Å². The van der Waals surface area contributed by atoms with Gasteiger partial charge < -0.3 is 37.3 Å². The number of rotatable bonds is 64. The molecule has 4 atom stereocenters. The largest absolute Gasteiger partial charge is 0.463 e. The van der Waals surface area contributed by atoms with Crippen LogP contribution in [0.15, 0.2) is 137 Å². The molecule has 0 aliphatic carbocycles. The third-order valence-corrected chi connectivity index (χ3v) is 29.5. The third-order valence-electron chi connectivity index (χ3n) is 25.8. The van der Waals surface area contributed by atoms with Gasteiger partial charge in [-0.25, -0.2) is 0 Å². The minimum atomic E-state index is -0.127. The summed E-state index contributed by atoms with van der Waals surface area (Å²) in [6.45, 7) is 20.3. The van der Waals surface area contributed by atoms with Crippen LogP contribution in [0.25, 0.3) is 63.6 Å². The zero-order chi connectivity index (χ0) is 83.5. The van der Waals surface area contributed by atoms with Crippen molar-refractivity contribution in [2.45, 2.75) is 364 Å². The molecule has 7 aromatic heterocycles. The molecule has 0 N–H and O–H groups in total. The zero-order valence-electron chi connectivity index (χ0n) is 74.6. The van der Waals surface area contributed by atoms with Crippen molar-refractivity contribution in [2.75, 3.05) is 26.2 Å². The molecular formula is C104H148N4O8S3. The van der Waals surface area contributed by atoms with E-state index in [9.17, 15) is 0 Å². The van der Waals surface area contributed by atoms with E-state index in [1.54, 1.807) is 46.5 Å². The maximum Gasteiger partial charge on any atom is 0.261 e. The Labute approximate surface area is 729 Å². The highest BCUT2D eigenvalue weighted by molar-refractivity contribution is 7.27. The van der Waals surface area contributed by atoms with Gasteiger partial charge in [0.1, 0.15) is 34.3 Å². The predicted octanol–water partition coefficient (Wildman–Crippen LogP) is 31.9. The van der Waals surface area contributed by atoms with E-state index in [4.69, 9.17) is 17.7 Å². The van der Waals surface area contributed by atoms with Crippen LogP contribution in [0.5, 0.6) is 0 Å². The lowest BCUT2D eigenvalue weighted by atomic mass is 9.93. The van der Waals surface area contributed by atoms with Crippen molar-refractivity contribution in [1.82, 2.24) is 19.6 Å². The average molecular weight is 1680 g/mol. The van der Waals surface area contributed by atoms with E-state index < -0.39 is 0 Å². The molecule has 650 valence electrons. The van der Waals surface area contributed by atoms with E-state index in [0.717, 1.165) is 132 Å². The van der Waals surface area contributed by atoms with Crippen LogP contribution in [0.3, 0.4) is 0 Å². The summed E-state index contributed by atoms with van der Waals surface area (Å²) in [5.74, 6) is 4.22. The summed E-state index contributed by atoms with van der Waals surface area (Å²) in [7, 11) is 0. The number of furan rings is 4. The van der Waals surface area contributed by atoms with E-state index in [1.807, 2.05) is 68.1 Å². The lowest BCUT2D eigenvalue weighted by molar-refractivity contribution is -0.124. The van der Waals surface area contributed by atoms with Gasteiger partial charge in [0, 0.05) is 45.7 Å². The molecular weight excluding hydrogens is 1530 g/mol. The van der Waals surface area contributed by atoms with Gasteiger partial charge >= 0.3 is 0 Å². The second-order valence-corrected chi connectivity index (χ2v) is 38.7. The van der Waals surface area contributed by atoms with Gasteiger partial charge in [0.05, 0.1) is 44.6 Å². The predicted molar refractivity (Wildman–Crippen MR) is 499 cm³/mol. The van der Waals surface area contributed by atoms with E-state index in [-0.39, 0.29) is 35.5 Å². The van der Waals surface area contributed by atoms with Crippen LogP contribution in [0.1, 0.15) is 387 Å². The zero-order valence-corrected chi connectivity index (χ0v) is 77.0. The molecule has 0 aromatic carbocycles. The molecule has 0 fully saturated rings. The van der Waals surface area contributed by atoms with Crippen LogP contribution in [-0.2, 0) is 19.2 Å². The monoisotopic (exact) mass is 1680 g/mol. The topological polar surface area (TPSA) is 134 Å². The standard InChI is InChI=1S/C104H148N4O8S3/c1-9-17-25-33-37-45-55-77(51-41-29-21-13-5)73-105-97(83-59-49-71-113-83)93-95(103(105)111)99(107(101(93)109)75-79(53-43-31-23-15-7)57-47-39-35-27-19-11-3)85-63-61-81(115-85)87-65-67-89(117-87)91-69-70-92(119-91)90-68-66-88(118-90)82-62-64-86(116-82)100-96-94(102(110)108(100)76-80(54-44-32-24-16-8)58-48-40-36-28-20-12-4)98(84-60-50-72-114-84)106(104(96)112)74-78(52-42-30-22-14-6)56-46-38-34-26-18-10-2/h49-50,59-72,77-80H,9-48,51-58,73-76H2,1-8H3. The maximum atomic E-state index is 15.9. The van der Waals surface area contributed by atoms with E-state index in [1.165, 1.54) is 205 Å². The second kappa shape index (κ2) is 50.0. The molecule has 0 saturated heterocycles. The fourth-order valence-electron chi connectivity index (χ4n) is 19.0. The number of thiophene rings is 3. The summed E-state index contributed by atoms with van der Waals surface area (Å²) in [5.41, 5.74) is 4.24. The normalized spacial score (nSPS) is 15.5. The van der Waals surface area contributed by atoms with Crippen LogP contribution in [0.4, 0.5) is 0 Å². The highest BCUT2D eigenvalue weighted by atomic mass is 32.1. The molecule has 7 aromatic rings. The highest BCUT2D eigenvalue weighted by Crippen LogP contribution is 2.53. The second-order valence-electron chi connectivity index (χ2n) is 35.4. The van der Waals surface area contributed by atoms with Crippen molar-refractivity contribution < 1.29 is 36.8 Å².